The van der Waals surface area contributed by atoms with Gasteiger partial charge in [0.2, 0.25) is 5.91 Å². The number of carbonyl (C=O) groups excluding carboxylic acids is 1. The van der Waals surface area contributed by atoms with Crippen molar-refractivity contribution in [2.45, 2.75) is 18.5 Å². The SMILES string of the molecule is CC1(c2ccccc2)CN(CC(N)=O)N=C1c1ccc(C(F)(F)F)c(Cl)c1. The Balaban J connectivity index is 2.08. The molecule has 0 spiro atoms. The molecule has 0 radical (unpaired) electrons. The molecule has 0 aliphatic carbocycles. The van der Waals surface area contributed by atoms with E-state index in [1.807, 2.05) is 37.3 Å². The predicted octanol–water partition coefficient (Wildman–Crippen LogP) is 3.82. The topological polar surface area (TPSA) is 58.7 Å². The lowest BCUT2D eigenvalue weighted by Crippen LogP contribution is -2.38. The van der Waals surface area contributed by atoms with Gasteiger partial charge < -0.3 is 5.73 Å². The summed E-state index contributed by atoms with van der Waals surface area (Å²) in [5, 5.41) is 5.60. The zero-order valence-electron chi connectivity index (χ0n) is 14.4. The molecule has 1 aliphatic rings. The van der Waals surface area contributed by atoms with E-state index in [0.29, 0.717) is 17.8 Å². The van der Waals surface area contributed by atoms with Crippen molar-refractivity contribution in [3.05, 3.63) is 70.2 Å². The van der Waals surface area contributed by atoms with E-state index in [9.17, 15) is 18.0 Å². The lowest BCUT2D eigenvalue weighted by atomic mass is 9.76. The van der Waals surface area contributed by atoms with E-state index >= 15 is 0 Å². The van der Waals surface area contributed by atoms with E-state index in [0.717, 1.165) is 11.6 Å². The number of amides is 1. The summed E-state index contributed by atoms with van der Waals surface area (Å²) in [7, 11) is 0. The first-order valence-electron chi connectivity index (χ1n) is 8.16. The molecule has 0 saturated carbocycles. The number of halogens is 4. The van der Waals surface area contributed by atoms with Crippen LogP contribution in [-0.4, -0.2) is 29.7 Å². The summed E-state index contributed by atoms with van der Waals surface area (Å²) < 4.78 is 39.0. The molecule has 2 aromatic rings. The van der Waals surface area contributed by atoms with Gasteiger partial charge in [0.25, 0.3) is 0 Å². The van der Waals surface area contributed by atoms with Gasteiger partial charge in [0.05, 0.1) is 28.3 Å². The average molecular weight is 396 g/mol. The van der Waals surface area contributed by atoms with Gasteiger partial charge in [-0.2, -0.15) is 18.3 Å². The minimum atomic E-state index is -4.53. The fourth-order valence-electron chi connectivity index (χ4n) is 3.30. The second-order valence-electron chi connectivity index (χ2n) is 6.63. The van der Waals surface area contributed by atoms with Crippen molar-refractivity contribution in [3.63, 3.8) is 0 Å². The number of benzene rings is 2. The zero-order valence-corrected chi connectivity index (χ0v) is 15.2. The highest BCUT2D eigenvalue weighted by Crippen LogP contribution is 2.38. The lowest BCUT2D eigenvalue weighted by molar-refractivity contribution is -0.137. The van der Waals surface area contributed by atoms with Crippen molar-refractivity contribution in [2.75, 3.05) is 13.1 Å². The van der Waals surface area contributed by atoms with Crippen LogP contribution in [0.2, 0.25) is 5.02 Å². The molecule has 0 fully saturated rings. The highest BCUT2D eigenvalue weighted by atomic mass is 35.5. The van der Waals surface area contributed by atoms with Gasteiger partial charge >= 0.3 is 6.18 Å². The zero-order chi connectivity index (χ0) is 19.8. The predicted molar refractivity (Wildman–Crippen MR) is 97.6 cm³/mol. The van der Waals surface area contributed by atoms with Crippen LogP contribution in [0.25, 0.3) is 0 Å². The molecule has 3 rings (SSSR count). The highest BCUT2D eigenvalue weighted by molar-refractivity contribution is 6.32. The van der Waals surface area contributed by atoms with Gasteiger partial charge in [0.15, 0.2) is 0 Å². The Morgan fingerprint density at radius 2 is 1.93 bits per heavy atom. The maximum Gasteiger partial charge on any atom is 0.417 e. The molecular weight excluding hydrogens is 379 g/mol. The molecule has 2 N–H and O–H groups in total. The molecule has 27 heavy (non-hydrogen) atoms. The van der Waals surface area contributed by atoms with Crippen LogP contribution in [0, 0.1) is 0 Å². The average Bonchev–Trinajstić information content (AvgIpc) is 2.91. The molecule has 2 aromatic carbocycles. The van der Waals surface area contributed by atoms with Gasteiger partial charge in [-0.1, -0.05) is 48.0 Å². The molecule has 0 saturated heterocycles. The van der Waals surface area contributed by atoms with E-state index < -0.39 is 28.1 Å². The lowest BCUT2D eigenvalue weighted by Gasteiger charge is -2.27. The largest absolute Gasteiger partial charge is 0.417 e. The highest BCUT2D eigenvalue weighted by Gasteiger charge is 2.42. The Morgan fingerprint density at radius 1 is 1.26 bits per heavy atom. The minimum Gasteiger partial charge on any atom is -0.368 e. The molecule has 4 nitrogen and oxygen atoms in total. The third kappa shape index (κ3) is 3.78. The number of nitrogens with two attached hydrogens (primary N) is 1. The van der Waals surface area contributed by atoms with E-state index in [1.165, 1.54) is 17.1 Å². The molecule has 142 valence electrons. The number of rotatable bonds is 4. The number of hydrogen-bond acceptors (Lipinski definition) is 3. The van der Waals surface area contributed by atoms with Crippen LogP contribution in [-0.2, 0) is 16.4 Å². The molecule has 8 heteroatoms. The van der Waals surface area contributed by atoms with Gasteiger partial charge in [0, 0.05) is 5.56 Å². The Bertz CT molecular complexity index is 899. The molecule has 1 heterocycles. The van der Waals surface area contributed by atoms with Crippen molar-refractivity contribution in [2.24, 2.45) is 10.8 Å². The van der Waals surface area contributed by atoms with Crippen molar-refractivity contribution in [1.29, 1.82) is 0 Å². The quantitative estimate of drug-likeness (QED) is 0.855. The number of hydrazone groups is 1. The molecule has 1 unspecified atom stereocenters. The molecule has 0 bridgehead atoms. The standard InChI is InChI=1S/C19H17ClF3N3O/c1-18(13-5-3-2-4-6-13)11-26(10-16(24)27)25-17(18)12-7-8-14(15(20)9-12)19(21,22)23/h2-9H,10-11H2,1H3,(H2,24,27). The van der Waals surface area contributed by atoms with Crippen LogP contribution < -0.4 is 5.73 Å². The Morgan fingerprint density at radius 3 is 2.48 bits per heavy atom. The summed E-state index contributed by atoms with van der Waals surface area (Å²) in [4.78, 5) is 11.3. The Kier molecular flexibility index (Phi) is 4.90. The van der Waals surface area contributed by atoms with Gasteiger partial charge in [0.1, 0.15) is 6.54 Å². The van der Waals surface area contributed by atoms with Gasteiger partial charge in [-0.15, -0.1) is 0 Å². The molecule has 1 amide bonds. The summed E-state index contributed by atoms with van der Waals surface area (Å²) in [6.07, 6.45) is -4.53. The van der Waals surface area contributed by atoms with Gasteiger partial charge in [-0.3, -0.25) is 9.80 Å². The third-order valence-corrected chi connectivity index (χ3v) is 4.87. The fraction of sp³-hybridized carbons (Fsp3) is 0.263. The van der Waals surface area contributed by atoms with Crippen molar-refractivity contribution in [3.8, 4) is 0 Å². The van der Waals surface area contributed by atoms with E-state index in [-0.39, 0.29) is 6.54 Å². The van der Waals surface area contributed by atoms with Crippen LogP contribution in [0.1, 0.15) is 23.6 Å². The maximum absolute atomic E-state index is 13.0. The van der Waals surface area contributed by atoms with Crippen LogP contribution in [0.3, 0.4) is 0 Å². The minimum absolute atomic E-state index is 0.0830. The molecular formula is C19H17ClF3N3O. The first-order chi connectivity index (χ1) is 12.6. The van der Waals surface area contributed by atoms with Crippen molar-refractivity contribution >= 4 is 23.2 Å². The van der Waals surface area contributed by atoms with Crippen LogP contribution in [0.5, 0.6) is 0 Å². The number of hydrogen-bond donors (Lipinski definition) is 1. The molecule has 0 aromatic heterocycles. The van der Waals surface area contributed by atoms with E-state index in [2.05, 4.69) is 5.10 Å². The summed E-state index contributed by atoms with van der Waals surface area (Å²) in [5.41, 5.74) is 5.66. The van der Waals surface area contributed by atoms with Crippen molar-refractivity contribution in [1.82, 2.24) is 5.01 Å². The first kappa shape index (κ1) is 19.2. The van der Waals surface area contributed by atoms with Gasteiger partial charge in [-0.05, 0) is 24.6 Å². The van der Waals surface area contributed by atoms with E-state index in [1.54, 1.807) is 0 Å². The third-order valence-electron chi connectivity index (χ3n) is 4.56. The van der Waals surface area contributed by atoms with Crippen LogP contribution in [0.4, 0.5) is 13.2 Å². The smallest absolute Gasteiger partial charge is 0.368 e. The number of nitrogens with zero attached hydrogens (tertiary/aromatic N) is 2. The summed E-state index contributed by atoms with van der Waals surface area (Å²) in [6.45, 7) is 2.21. The summed E-state index contributed by atoms with van der Waals surface area (Å²) in [5.74, 6) is -0.541. The normalized spacial score (nSPS) is 19.9. The second-order valence-corrected chi connectivity index (χ2v) is 7.04. The first-order valence-corrected chi connectivity index (χ1v) is 8.54. The second kappa shape index (κ2) is 6.88. The Labute approximate surface area is 159 Å². The summed E-state index contributed by atoms with van der Waals surface area (Å²) >= 11 is 5.89. The summed E-state index contributed by atoms with van der Waals surface area (Å²) in [6, 6.07) is 13.0. The number of carbonyl (C=O) groups is 1. The Hall–Kier alpha value is -2.54. The fourth-order valence-corrected chi connectivity index (χ4v) is 3.59. The van der Waals surface area contributed by atoms with Crippen LogP contribution in [0.15, 0.2) is 53.6 Å². The monoisotopic (exact) mass is 395 g/mol. The van der Waals surface area contributed by atoms with Crippen LogP contribution >= 0.6 is 11.6 Å². The number of alkyl halides is 3. The maximum atomic E-state index is 13.0. The van der Waals surface area contributed by atoms with Crippen molar-refractivity contribution < 1.29 is 18.0 Å². The molecule has 1 atom stereocenters. The molecule has 1 aliphatic heterocycles. The number of primary amides is 1. The van der Waals surface area contributed by atoms with E-state index in [4.69, 9.17) is 17.3 Å². The van der Waals surface area contributed by atoms with Gasteiger partial charge in [-0.25, -0.2) is 0 Å².